The number of aromatic carboxylic acids is 1. The minimum atomic E-state index is -1.10. The molecule has 1 aliphatic heterocycles. The number of aliphatic hydroxyl groups is 1. The number of aromatic nitrogens is 2. The Balaban J connectivity index is 1.73. The van der Waals surface area contributed by atoms with Gasteiger partial charge < -0.3 is 15.1 Å². The van der Waals surface area contributed by atoms with Crippen LogP contribution in [0.25, 0.3) is 0 Å². The van der Waals surface area contributed by atoms with E-state index in [0.29, 0.717) is 36.8 Å². The minimum Gasteiger partial charge on any atom is -0.476 e. The molecule has 23 heavy (non-hydrogen) atoms. The summed E-state index contributed by atoms with van der Waals surface area (Å²) in [6, 6.07) is 7.32. The summed E-state index contributed by atoms with van der Waals surface area (Å²) >= 11 is 6.20. The SMILES string of the molecule is O=C(O)c1cnc(N2CCC(O)(c3ccccc3Cl)CC2)cn1. The van der Waals surface area contributed by atoms with Crippen LogP contribution in [0.2, 0.25) is 5.02 Å². The van der Waals surface area contributed by atoms with Gasteiger partial charge in [-0.05, 0) is 18.9 Å². The summed E-state index contributed by atoms with van der Waals surface area (Å²) < 4.78 is 0. The standard InChI is InChI=1S/C16H16ClN3O3/c17-12-4-2-1-3-11(12)16(23)5-7-20(8-6-16)14-10-18-13(9-19-14)15(21)22/h1-4,9-10,23H,5-8H2,(H,21,22). The van der Waals surface area contributed by atoms with Crippen molar-refractivity contribution in [2.45, 2.75) is 18.4 Å². The van der Waals surface area contributed by atoms with Crippen LogP contribution in [0.1, 0.15) is 28.9 Å². The second-order valence-electron chi connectivity index (χ2n) is 5.56. The Kier molecular flexibility index (Phi) is 4.19. The van der Waals surface area contributed by atoms with Gasteiger partial charge in [-0.3, -0.25) is 0 Å². The van der Waals surface area contributed by atoms with E-state index in [1.54, 1.807) is 6.07 Å². The number of carboxylic acids is 1. The van der Waals surface area contributed by atoms with Gasteiger partial charge in [-0.2, -0.15) is 0 Å². The van der Waals surface area contributed by atoms with Crippen LogP contribution in [0.15, 0.2) is 36.7 Å². The van der Waals surface area contributed by atoms with Crippen molar-refractivity contribution in [1.82, 2.24) is 9.97 Å². The number of carbonyl (C=O) groups is 1. The van der Waals surface area contributed by atoms with E-state index in [1.807, 2.05) is 23.1 Å². The second-order valence-corrected chi connectivity index (χ2v) is 5.97. The Morgan fingerprint density at radius 3 is 2.43 bits per heavy atom. The summed E-state index contributed by atoms with van der Waals surface area (Å²) in [4.78, 5) is 20.8. The zero-order valence-corrected chi connectivity index (χ0v) is 13.1. The number of carboxylic acid groups (broad SMARTS) is 1. The fourth-order valence-corrected chi connectivity index (χ4v) is 3.12. The average Bonchev–Trinajstić information content (AvgIpc) is 2.56. The molecule has 1 saturated heterocycles. The first-order valence-corrected chi connectivity index (χ1v) is 7.65. The van der Waals surface area contributed by atoms with E-state index in [2.05, 4.69) is 9.97 Å². The van der Waals surface area contributed by atoms with Gasteiger partial charge in [0.25, 0.3) is 0 Å². The smallest absolute Gasteiger partial charge is 0.356 e. The normalized spacial score (nSPS) is 17.0. The zero-order valence-electron chi connectivity index (χ0n) is 12.3. The van der Waals surface area contributed by atoms with Crippen LogP contribution in [0.3, 0.4) is 0 Å². The summed E-state index contributed by atoms with van der Waals surface area (Å²) in [5.74, 6) is -0.494. The molecule has 2 N–H and O–H groups in total. The predicted octanol–water partition coefficient (Wildman–Crippen LogP) is 2.32. The number of hydrogen-bond donors (Lipinski definition) is 2. The molecule has 0 bridgehead atoms. The van der Waals surface area contributed by atoms with E-state index in [-0.39, 0.29) is 5.69 Å². The molecule has 1 fully saturated rings. The molecule has 1 aromatic heterocycles. The van der Waals surface area contributed by atoms with Gasteiger partial charge in [0.2, 0.25) is 0 Å². The molecule has 3 rings (SSSR count). The van der Waals surface area contributed by atoms with E-state index >= 15 is 0 Å². The van der Waals surface area contributed by atoms with Crippen molar-refractivity contribution in [2.75, 3.05) is 18.0 Å². The molecule has 0 radical (unpaired) electrons. The molecule has 0 amide bonds. The number of anilines is 1. The fraction of sp³-hybridized carbons (Fsp3) is 0.312. The summed E-state index contributed by atoms with van der Waals surface area (Å²) in [7, 11) is 0. The Bertz CT molecular complexity index is 713. The van der Waals surface area contributed by atoms with Crippen LogP contribution < -0.4 is 4.90 Å². The second kappa shape index (κ2) is 6.14. The van der Waals surface area contributed by atoms with Gasteiger partial charge in [-0.15, -0.1) is 0 Å². The number of rotatable bonds is 3. The molecule has 1 aliphatic rings. The van der Waals surface area contributed by atoms with Crippen molar-refractivity contribution in [3.8, 4) is 0 Å². The zero-order chi connectivity index (χ0) is 16.4. The average molecular weight is 334 g/mol. The van der Waals surface area contributed by atoms with Gasteiger partial charge in [-0.1, -0.05) is 29.8 Å². The lowest BCUT2D eigenvalue weighted by atomic mass is 9.84. The summed E-state index contributed by atoms with van der Waals surface area (Å²) in [6.07, 6.45) is 3.72. The largest absolute Gasteiger partial charge is 0.476 e. The van der Waals surface area contributed by atoms with Crippen molar-refractivity contribution in [1.29, 1.82) is 0 Å². The molecular formula is C16H16ClN3O3. The van der Waals surface area contributed by atoms with E-state index < -0.39 is 11.6 Å². The third-order valence-electron chi connectivity index (χ3n) is 4.15. The van der Waals surface area contributed by atoms with Crippen molar-refractivity contribution in [3.05, 3.63) is 52.9 Å². The van der Waals surface area contributed by atoms with Crippen molar-refractivity contribution >= 4 is 23.4 Å². The number of benzene rings is 1. The Morgan fingerprint density at radius 1 is 1.17 bits per heavy atom. The van der Waals surface area contributed by atoms with Gasteiger partial charge in [0.15, 0.2) is 5.69 Å². The maximum absolute atomic E-state index is 10.9. The predicted molar refractivity (Wildman–Crippen MR) is 85.8 cm³/mol. The number of nitrogens with zero attached hydrogens (tertiary/aromatic N) is 3. The van der Waals surface area contributed by atoms with Crippen LogP contribution in [0.5, 0.6) is 0 Å². The highest BCUT2D eigenvalue weighted by Gasteiger charge is 2.35. The molecule has 0 atom stereocenters. The van der Waals surface area contributed by atoms with Crippen LogP contribution in [-0.4, -0.2) is 39.2 Å². The summed E-state index contributed by atoms with van der Waals surface area (Å²) in [6.45, 7) is 1.17. The summed E-state index contributed by atoms with van der Waals surface area (Å²) in [5.41, 5.74) is -0.296. The fourth-order valence-electron chi connectivity index (χ4n) is 2.81. The van der Waals surface area contributed by atoms with E-state index in [4.69, 9.17) is 16.7 Å². The highest BCUT2D eigenvalue weighted by Crippen LogP contribution is 2.37. The van der Waals surface area contributed by atoms with Crippen molar-refractivity contribution in [2.24, 2.45) is 0 Å². The molecule has 120 valence electrons. The highest BCUT2D eigenvalue weighted by atomic mass is 35.5. The van der Waals surface area contributed by atoms with Gasteiger partial charge in [-0.25, -0.2) is 14.8 Å². The Hall–Kier alpha value is -2.18. The van der Waals surface area contributed by atoms with Crippen molar-refractivity contribution < 1.29 is 15.0 Å². The lowest BCUT2D eigenvalue weighted by Crippen LogP contribution is -2.43. The molecule has 6 nitrogen and oxygen atoms in total. The Labute approximate surface area is 138 Å². The molecule has 7 heteroatoms. The highest BCUT2D eigenvalue weighted by molar-refractivity contribution is 6.31. The molecule has 2 heterocycles. The van der Waals surface area contributed by atoms with E-state index in [1.165, 1.54) is 12.4 Å². The number of piperidine rings is 1. The van der Waals surface area contributed by atoms with Gasteiger partial charge in [0.1, 0.15) is 5.82 Å². The topological polar surface area (TPSA) is 86.5 Å². The first kappa shape index (κ1) is 15.7. The first-order chi connectivity index (χ1) is 11.0. The monoisotopic (exact) mass is 333 g/mol. The van der Waals surface area contributed by atoms with E-state index in [9.17, 15) is 9.90 Å². The quantitative estimate of drug-likeness (QED) is 0.896. The number of halogens is 1. The summed E-state index contributed by atoms with van der Waals surface area (Å²) in [5, 5.41) is 20.3. The van der Waals surface area contributed by atoms with Gasteiger partial charge in [0.05, 0.1) is 18.0 Å². The van der Waals surface area contributed by atoms with Crippen LogP contribution in [0, 0.1) is 0 Å². The van der Waals surface area contributed by atoms with Crippen LogP contribution >= 0.6 is 11.6 Å². The molecule has 0 aliphatic carbocycles. The maximum atomic E-state index is 10.9. The number of hydrogen-bond acceptors (Lipinski definition) is 5. The van der Waals surface area contributed by atoms with Crippen molar-refractivity contribution in [3.63, 3.8) is 0 Å². The molecule has 2 aromatic rings. The van der Waals surface area contributed by atoms with Crippen LogP contribution in [-0.2, 0) is 5.60 Å². The molecule has 0 spiro atoms. The lowest BCUT2D eigenvalue weighted by molar-refractivity contribution is 0.0117. The molecule has 0 unspecified atom stereocenters. The van der Waals surface area contributed by atoms with Gasteiger partial charge >= 0.3 is 5.97 Å². The third kappa shape index (κ3) is 3.13. The third-order valence-corrected chi connectivity index (χ3v) is 4.48. The molecule has 0 saturated carbocycles. The van der Waals surface area contributed by atoms with Gasteiger partial charge in [0, 0.05) is 23.7 Å². The first-order valence-electron chi connectivity index (χ1n) is 7.27. The molecule has 1 aromatic carbocycles. The maximum Gasteiger partial charge on any atom is 0.356 e. The lowest BCUT2D eigenvalue weighted by Gasteiger charge is -2.39. The van der Waals surface area contributed by atoms with Crippen LogP contribution in [0.4, 0.5) is 5.82 Å². The van der Waals surface area contributed by atoms with E-state index in [0.717, 1.165) is 5.56 Å². The minimum absolute atomic E-state index is 0.0849. The Morgan fingerprint density at radius 2 is 1.87 bits per heavy atom. The molecular weight excluding hydrogens is 318 g/mol.